The van der Waals surface area contributed by atoms with Crippen molar-refractivity contribution in [3.63, 3.8) is 0 Å². The number of hydrogen-bond acceptors (Lipinski definition) is 2. The molecule has 2 heteroatoms. The lowest BCUT2D eigenvalue weighted by Crippen LogP contribution is -2.29. The molecule has 0 saturated heterocycles. The molecule has 0 aliphatic carbocycles. The highest BCUT2D eigenvalue weighted by molar-refractivity contribution is 4.78. The van der Waals surface area contributed by atoms with Gasteiger partial charge < -0.3 is 10.2 Å². The third-order valence-electron chi connectivity index (χ3n) is 6.79. The molecule has 0 bridgehead atoms. The topological polar surface area (TPSA) is 40.5 Å². The fraction of sp³-hybridized carbons (Fsp3) is 1.00. The Morgan fingerprint density at radius 3 is 0.862 bits per heavy atom. The Balaban J connectivity index is 3.64. The van der Waals surface area contributed by atoms with Gasteiger partial charge in [0.05, 0.1) is 13.2 Å². The molecule has 0 unspecified atom stereocenters. The zero-order valence-corrected chi connectivity index (χ0v) is 20.4. The molecular formula is C27H56O2. The van der Waals surface area contributed by atoms with Gasteiger partial charge in [-0.2, -0.15) is 0 Å². The summed E-state index contributed by atoms with van der Waals surface area (Å²) in [7, 11) is 0. The third kappa shape index (κ3) is 18.4. The van der Waals surface area contributed by atoms with Crippen molar-refractivity contribution in [2.24, 2.45) is 5.41 Å². The average Bonchev–Trinajstić information content (AvgIpc) is 2.75. The van der Waals surface area contributed by atoms with E-state index in [1.165, 1.54) is 116 Å². The second-order valence-electron chi connectivity index (χ2n) is 9.68. The van der Waals surface area contributed by atoms with Crippen LogP contribution in [0.1, 0.15) is 155 Å². The zero-order chi connectivity index (χ0) is 21.5. The Morgan fingerprint density at radius 2 is 0.621 bits per heavy atom. The molecule has 0 aromatic heterocycles. The molecule has 0 radical (unpaired) electrons. The van der Waals surface area contributed by atoms with Crippen LogP contribution < -0.4 is 0 Å². The van der Waals surface area contributed by atoms with E-state index >= 15 is 0 Å². The monoisotopic (exact) mass is 412 g/mol. The van der Waals surface area contributed by atoms with Crippen molar-refractivity contribution < 1.29 is 10.2 Å². The van der Waals surface area contributed by atoms with Crippen molar-refractivity contribution in [2.45, 2.75) is 155 Å². The molecule has 29 heavy (non-hydrogen) atoms. The minimum atomic E-state index is -0.222. The lowest BCUT2D eigenvalue weighted by Gasteiger charge is -2.30. The quantitative estimate of drug-likeness (QED) is 0.156. The van der Waals surface area contributed by atoms with Gasteiger partial charge in [-0.3, -0.25) is 0 Å². The molecule has 176 valence electrons. The highest BCUT2D eigenvalue weighted by atomic mass is 16.3. The van der Waals surface area contributed by atoms with Crippen LogP contribution in [0.2, 0.25) is 0 Å². The number of rotatable bonds is 24. The fourth-order valence-electron chi connectivity index (χ4n) is 4.47. The lowest BCUT2D eigenvalue weighted by molar-refractivity contribution is 0.0353. The summed E-state index contributed by atoms with van der Waals surface area (Å²) >= 11 is 0. The molecule has 2 N–H and O–H groups in total. The van der Waals surface area contributed by atoms with E-state index in [4.69, 9.17) is 0 Å². The van der Waals surface area contributed by atoms with Gasteiger partial charge in [0.25, 0.3) is 0 Å². The molecule has 0 aliphatic rings. The molecule has 0 rings (SSSR count). The fourth-order valence-corrected chi connectivity index (χ4v) is 4.47. The molecule has 0 amide bonds. The van der Waals surface area contributed by atoms with Crippen molar-refractivity contribution in [2.75, 3.05) is 13.2 Å². The van der Waals surface area contributed by atoms with Gasteiger partial charge in [-0.1, -0.05) is 142 Å². The van der Waals surface area contributed by atoms with Gasteiger partial charge in [-0.25, -0.2) is 0 Å². The largest absolute Gasteiger partial charge is 0.396 e. The first-order valence-corrected chi connectivity index (χ1v) is 13.5. The van der Waals surface area contributed by atoms with E-state index in [1.807, 2.05) is 0 Å². The summed E-state index contributed by atoms with van der Waals surface area (Å²) in [5, 5.41) is 19.8. The molecule has 0 spiro atoms. The van der Waals surface area contributed by atoms with E-state index < -0.39 is 0 Å². The van der Waals surface area contributed by atoms with E-state index in [9.17, 15) is 10.2 Å². The predicted molar refractivity (Wildman–Crippen MR) is 130 cm³/mol. The standard InChI is InChI=1S/C27H56O2/c1-3-5-7-9-11-13-15-17-19-21-23-27(25-28,26-29)24-22-20-18-16-14-12-10-8-6-4-2/h28-29H,3-26H2,1-2H3. The minimum absolute atomic E-state index is 0.151. The molecule has 0 fully saturated rings. The first-order valence-electron chi connectivity index (χ1n) is 13.5. The van der Waals surface area contributed by atoms with Crippen molar-refractivity contribution >= 4 is 0 Å². The van der Waals surface area contributed by atoms with Gasteiger partial charge in [-0.05, 0) is 12.8 Å². The average molecular weight is 413 g/mol. The van der Waals surface area contributed by atoms with Gasteiger partial charge in [0.15, 0.2) is 0 Å². The molecule has 0 aromatic rings. The van der Waals surface area contributed by atoms with Crippen LogP contribution in [0.4, 0.5) is 0 Å². The lowest BCUT2D eigenvalue weighted by atomic mass is 9.79. The Labute approximate surface area is 184 Å². The molecule has 0 atom stereocenters. The molecule has 0 heterocycles. The van der Waals surface area contributed by atoms with Crippen LogP contribution >= 0.6 is 0 Å². The molecule has 0 saturated carbocycles. The van der Waals surface area contributed by atoms with Crippen molar-refractivity contribution in [1.82, 2.24) is 0 Å². The van der Waals surface area contributed by atoms with Crippen molar-refractivity contribution in [3.05, 3.63) is 0 Å². The zero-order valence-electron chi connectivity index (χ0n) is 20.4. The number of unbranched alkanes of at least 4 members (excludes halogenated alkanes) is 18. The number of aliphatic hydroxyl groups is 2. The number of hydrogen-bond donors (Lipinski definition) is 2. The second kappa shape index (κ2) is 22.6. The van der Waals surface area contributed by atoms with Crippen LogP contribution in [0.3, 0.4) is 0 Å². The van der Waals surface area contributed by atoms with E-state index in [2.05, 4.69) is 13.8 Å². The second-order valence-corrected chi connectivity index (χ2v) is 9.68. The summed E-state index contributed by atoms with van der Waals surface area (Å²) in [6, 6.07) is 0. The first kappa shape index (κ1) is 28.9. The summed E-state index contributed by atoms with van der Waals surface area (Å²) in [6.07, 6.45) is 28.8. The third-order valence-corrected chi connectivity index (χ3v) is 6.79. The molecular weight excluding hydrogens is 356 g/mol. The summed E-state index contributed by atoms with van der Waals surface area (Å²) < 4.78 is 0. The summed E-state index contributed by atoms with van der Waals surface area (Å²) in [4.78, 5) is 0. The predicted octanol–water partition coefficient (Wildman–Crippen LogP) is 8.58. The minimum Gasteiger partial charge on any atom is -0.396 e. The van der Waals surface area contributed by atoms with E-state index in [-0.39, 0.29) is 18.6 Å². The smallest absolute Gasteiger partial charge is 0.0509 e. The Kier molecular flexibility index (Phi) is 22.5. The van der Waals surface area contributed by atoms with Crippen LogP contribution in [0.15, 0.2) is 0 Å². The molecule has 0 aromatic carbocycles. The molecule has 0 aliphatic heterocycles. The Bertz CT molecular complexity index is 273. The maximum Gasteiger partial charge on any atom is 0.0509 e. The van der Waals surface area contributed by atoms with Crippen LogP contribution in [-0.4, -0.2) is 23.4 Å². The summed E-state index contributed by atoms with van der Waals surface area (Å²) in [5.41, 5.74) is -0.222. The van der Waals surface area contributed by atoms with Gasteiger partial charge in [0.2, 0.25) is 0 Å². The van der Waals surface area contributed by atoms with Gasteiger partial charge in [-0.15, -0.1) is 0 Å². The van der Waals surface area contributed by atoms with E-state index in [0.717, 1.165) is 25.7 Å². The maximum atomic E-state index is 9.90. The van der Waals surface area contributed by atoms with Crippen LogP contribution in [0.25, 0.3) is 0 Å². The Hall–Kier alpha value is -0.0800. The van der Waals surface area contributed by atoms with Gasteiger partial charge in [0.1, 0.15) is 0 Å². The van der Waals surface area contributed by atoms with Crippen molar-refractivity contribution in [3.8, 4) is 0 Å². The highest BCUT2D eigenvalue weighted by Gasteiger charge is 2.27. The summed E-state index contributed by atoms with van der Waals surface area (Å²) in [6.45, 7) is 4.85. The summed E-state index contributed by atoms with van der Waals surface area (Å²) in [5.74, 6) is 0. The maximum absolute atomic E-state index is 9.90. The SMILES string of the molecule is CCCCCCCCCCCCC(CO)(CO)CCCCCCCCCCCC. The van der Waals surface area contributed by atoms with Gasteiger partial charge in [0, 0.05) is 5.41 Å². The number of aliphatic hydroxyl groups excluding tert-OH is 2. The van der Waals surface area contributed by atoms with Crippen molar-refractivity contribution in [1.29, 1.82) is 0 Å². The van der Waals surface area contributed by atoms with Gasteiger partial charge >= 0.3 is 0 Å². The van der Waals surface area contributed by atoms with E-state index in [1.54, 1.807) is 0 Å². The highest BCUT2D eigenvalue weighted by Crippen LogP contribution is 2.31. The Morgan fingerprint density at radius 1 is 0.379 bits per heavy atom. The van der Waals surface area contributed by atoms with Crippen LogP contribution in [-0.2, 0) is 0 Å². The van der Waals surface area contributed by atoms with Crippen LogP contribution in [0.5, 0.6) is 0 Å². The first-order chi connectivity index (χ1) is 14.2. The molecule has 2 nitrogen and oxygen atoms in total. The van der Waals surface area contributed by atoms with Crippen LogP contribution in [0, 0.1) is 5.41 Å². The van der Waals surface area contributed by atoms with E-state index in [0.29, 0.717) is 0 Å². The normalized spacial score (nSPS) is 12.0.